The summed E-state index contributed by atoms with van der Waals surface area (Å²) in [6.07, 6.45) is 0.690. The van der Waals surface area contributed by atoms with E-state index in [1.54, 1.807) is 43.3 Å². The SMILES string of the molecule is COc1cccc(C(=O)C2C(=O)C(=O)N(CCCN3CCOCC3)C2c2ccc(C)o2)c1. The largest absolute Gasteiger partial charge is 0.497 e. The lowest BCUT2D eigenvalue weighted by Gasteiger charge is -2.29. The predicted molar refractivity (Wildman–Crippen MR) is 116 cm³/mol. The van der Waals surface area contributed by atoms with Gasteiger partial charge in [-0.3, -0.25) is 19.3 Å². The molecule has 0 N–H and O–H groups in total. The van der Waals surface area contributed by atoms with Gasteiger partial charge in [0.05, 0.1) is 20.3 Å². The van der Waals surface area contributed by atoms with Gasteiger partial charge in [-0.1, -0.05) is 12.1 Å². The number of ketones is 2. The number of amides is 1. The molecule has 2 aromatic rings. The summed E-state index contributed by atoms with van der Waals surface area (Å²) in [7, 11) is 1.51. The predicted octanol–water partition coefficient (Wildman–Crippen LogP) is 2.27. The number of rotatable bonds is 8. The number of carbonyl (C=O) groups excluding carboxylic acids is 3. The van der Waals surface area contributed by atoms with Gasteiger partial charge in [0.2, 0.25) is 5.78 Å². The minimum absolute atomic E-state index is 0.332. The third-order valence-corrected chi connectivity index (χ3v) is 6.07. The molecule has 0 saturated carbocycles. The number of aryl methyl sites for hydroxylation is 1. The van der Waals surface area contributed by atoms with Crippen molar-refractivity contribution < 1.29 is 28.3 Å². The first-order valence-electron chi connectivity index (χ1n) is 10.9. The second-order valence-corrected chi connectivity index (χ2v) is 8.14. The number of hydrogen-bond donors (Lipinski definition) is 0. The lowest BCUT2D eigenvalue weighted by Crippen LogP contribution is -2.39. The zero-order chi connectivity index (χ0) is 22.7. The van der Waals surface area contributed by atoms with E-state index in [-0.39, 0.29) is 0 Å². The summed E-state index contributed by atoms with van der Waals surface area (Å²) in [5.41, 5.74) is 0.332. The van der Waals surface area contributed by atoms with E-state index in [9.17, 15) is 14.4 Å². The minimum atomic E-state index is -1.15. The molecule has 1 aromatic heterocycles. The minimum Gasteiger partial charge on any atom is -0.497 e. The standard InChI is InChI=1S/C24H28N2O6/c1-16-7-8-19(32-16)21-20(22(27)17-5-3-6-18(15-17)30-2)23(28)24(29)26(21)10-4-9-25-11-13-31-14-12-25/h3,5-8,15,20-21H,4,9-14H2,1-2H3. The molecule has 0 aliphatic carbocycles. The van der Waals surface area contributed by atoms with Gasteiger partial charge in [-0.05, 0) is 37.6 Å². The molecular weight excluding hydrogens is 412 g/mol. The fraction of sp³-hybridized carbons (Fsp3) is 0.458. The van der Waals surface area contributed by atoms with Crippen molar-refractivity contribution in [2.45, 2.75) is 19.4 Å². The highest BCUT2D eigenvalue weighted by Crippen LogP contribution is 2.39. The van der Waals surface area contributed by atoms with Crippen LogP contribution in [0.1, 0.15) is 34.3 Å². The van der Waals surface area contributed by atoms with Crippen molar-refractivity contribution in [3.8, 4) is 5.75 Å². The maximum Gasteiger partial charge on any atom is 0.291 e. The van der Waals surface area contributed by atoms with E-state index in [1.165, 1.54) is 12.0 Å². The Labute approximate surface area is 187 Å². The number of hydrogen-bond acceptors (Lipinski definition) is 7. The number of Topliss-reactive ketones (excluding diaryl/α,β-unsaturated/α-hetero) is 2. The van der Waals surface area contributed by atoms with Gasteiger partial charge in [0, 0.05) is 31.7 Å². The van der Waals surface area contributed by atoms with E-state index in [4.69, 9.17) is 13.9 Å². The molecule has 8 heteroatoms. The first-order valence-corrected chi connectivity index (χ1v) is 10.9. The van der Waals surface area contributed by atoms with Crippen LogP contribution in [0.25, 0.3) is 0 Å². The summed E-state index contributed by atoms with van der Waals surface area (Å²) in [4.78, 5) is 43.2. The van der Waals surface area contributed by atoms with Gasteiger partial charge in [0.15, 0.2) is 5.78 Å². The van der Waals surface area contributed by atoms with Gasteiger partial charge in [-0.25, -0.2) is 0 Å². The highest BCUT2D eigenvalue weighted by Gasteiger charge is 2.52. The molecule has 2 fully saturated rings. The summed E-state index contributed by atoms with van der Waals surface area (Å²) in [6.45, 7) is 6.06. The maximum absolute atomic E-state index is 13.4. The highest BCUT2D eigenvalue weighted by molar-refractivity contribution is 6.44. The number of carbonyl (C=O) groups is 3. The number of ether oxygens (including phenoxy) is 2. The third-order valence-electron chi connectivity index (χ3n) is 6.07. The molecule has 3 heterocycles. The lowest BCUT2D eigenvalue weighted by atomic mass is 9.88. The van der Waals surface area contributed by atoms with Gasteiger partial charge in [-0.15, -0.1) is 0 Å². The quantitative estimate of drug-likeness (QED) is 0.353. The van der Waals surface area contributed by atoms with Crippen molar-refractivity contribution in [3.63, 3.8) is 0 Å². The number of methoxy groups -OCH3 is 1. The number of furan rings is 1. The van der Waals surface area contributed by atoms with E-state index < -0.39 is 29.4 Å². The number of benzene rings is 1. The van der Waals surface area contributed by atoms with Gasteiger partial charge >= 0.3 is 0 Å². The van der Waals surface area contributed by atoms with Crippen molar-refractivity contribution in [2.75, 3.05) is 46.5 Å². The Morgan fingerprint density at radius 3 is 2.59 bits per heavy atom. The first kappa shape index (κ1) is 22.2. The van der Waals surface area contributed by atoms with E-state index in [2.05, 4.69) is 4.90 Å². The zero-order valence-electron chi connectivity index (χ0n) is 18.4. The molecular formula is C24H28N2O6. The Bertz CT molecular complexity index is 994. The Morgan fingerprint density at radius 2 is 1.91 bits per heavy atom. The molecule has 1 aromatic carbocycles. The Balaban J connectivity index is 1.59. The van der Waals surface area contributed by atoms with Crippen molar-refractivity contribution in [3.05, 3.63) is 53.5 Å². The molecule has 1 amide bonds. The third kappa shape index (κ3) is 4.47. The molecule has 0 radical (unpaired) electrons. The monoisotopic (exact) mass is 440 g/mol. The van der Waals surface area contributed by atoms with Crippen LogP contribution in [0.5, 0.6) is 5.75 Å². The van der Waals surface area contributed by atoms with Gasteiger partial charge in [0.25, 0.3) is 5.91 Å². The Morgan fingerprint density at radius 1 is 1.12 bits per heavy atom. The summed E-state index contributed by atoms with van der Waals surface area (Å²) < 4.78 is 16.4. The average molecular weight is 440 g/mol. The molecule has 8 nitrogen and oxygen atoms in total. The van der Waals surface area contributed by atoms with Crippen LogP contribution in [0, 0.1) is 12.8 Å². The van der Waals surface area contributed by atoms with Crippen molar-refractivity contribution in [1.82, 2.24) is 9.80 Å². The molecule has 0 bridgehead atoms. The fourth-order valence-electron chi connectivity index (χ4n) is 4.40. The normalized spacial score (nSPS) is 21.9. The van der Waals surface area contributed by atoms with E-state index in [0.717, 1.165) is 19.6 Å². The van der Waals surface area contributed by atoms with Crippen LogP contribution >= 0.6 is 0 Å². The molecule has 2 unspecified atom stereocenters. The summed E-state index contributed by atoms with van der Waals surface area (Å²) in [5, 5.41) is 0. The van der Waals surface area contributed by atoms with Crippen LogP contribution in [0.4, 0.5) is 0 Å². The van der Waals surface area contributed by atoms with Crippen LogP contribution in [-0.2, 0) is 14.3 Å². The van der Waals surface area contributed by atoms with E-state index in [0.29, 0.717) is 49.0 Å². The molecule has 4 rings (SSSR count). The van der Waals surface area contributed by atoms with Gasteiger partial charge < -0.3 is 18.8 Å². The van der Waals surface area contributed by atoms with Crippen molar-refractivity contribution in [2.24, 2.45) is 5.92 Å². The second kappa shape index (κ2) is 9.67. The second-order valence-electron chi connectivity index (χ2n) is 8.14. The van der Waals surface area contributed by atoms with Gasteiger partial charge in [0.1, 0.15) is 29.2 Å². The average Bonchev–Trinajstić information content (AvgIpc) is 3.35. The fourth-order valence-corrected chi connectivity index (χ4v) is 4.40. The van der Waals surface area contributed by atoms with Crippen LogP contribution in [0.15, 0.2) is 40.8 Å². The van der Waals surface area contributed by atoms with Crippen LogP contribution in [-0.4, -0.2) is 73.8 Å². The van der Waals surface area contributed by atoms with Crippen LogP contribution < -0.4 is 4.74 Å². The maximum atomic E-state index is 13.4. The zero-order valence-corrected chi connectivity index (χ0v) is 18.4. The van der Waals surface area contributed by atoms with E-state index in [1.807, 2.05) is 0 Å². The summed E-state index contributed by atoms with van der Waals surface area (Å²) in [5.74, 6) is -1.25. The Kier molecular flexibility index (Phi) is 6.72. The van der Waals surface area contributed by atoms with Crippen LogP contribution in [0.3, 0.4) is 0 Å². The smallest absolute Gasteiger partial charge is 0.291 e. The summed E-state index contributed by atoms with van der Waals surface area (Å²) in [6, 6.07) is 9.41. The van der Waals surface area contributed by atoms with Crippen molar-refractivity contribution >= 4 is 17.5 Å². The number of morpholine rings is 1. The molecule has 2 atom stereocenters. The molecule has 2 aliphatic rings. The lowest BCUT2D eigenvalue weighted by molar-refractivity contribution is -0.140. The molecule has 2 aliphatic heterocycles. The highest BCUT2D eigenvalue weighted by atomic mass is 16.5. The first-order chi connectivity index (χ1) is 15.5. The van der Waals surface area contributed by atoms with Gasteiger partial charge in [-0.2, -0.15) is 0 Å². The molecule has 170 valence electrons. The van der Waals surface area contributed by atoms with E-state index >= 15 is 0 Å². The molecule has 32 heavy (non-hydrogen) atoms. The Hall–Kier alpha value is -2.97. The van der Waals surface area contributed by atoms with Crippen molar-refractivity contribution in [1.29, 1.82) is 0 Å². The molecule has 2 saturated heterocycles. The number of likely N-dealkylation sites (tertiary alicyclic amines) is 1. The van der Waals surface area contributed by atoms with Crippen LogP contribution in [0.2, 0.25) is 0 Å². The topological polar surface area (TPSA) is 89.3 Å². The number of nitrogens with zero attached hydrogens (tertiary/aromatic N) is 2. The molecule has 0 spiro atoms. The summed E-state index contributed by atoms with van der Waals surface area (Å²) >= 11 is 0.